The van der Waals surface area contributed by atoms with Crippen molar-refractivity contribution in [1.82, 2.24) is 15.4 Å². The SMILES string of the molecule is Cc1noc(C)c1NC(=O)C1(S(=O)(=O)NNC(=O)OC(C)(C)C)CC1. The molecule has 0 bridgehead atoms. The van der Waals surface area contributed by atoms with E-state index in [1.54, 1.807) is 34.6 Å². The van der Waals surface area contributed by atoms with Gasteiger partial charge in [-0.3, -0.25) is 4.79 Å². The maximum atomic E-state index is 12.5. The van der Waals surface area contributed by atoms with Crippen LogP contribution in [0.15, 0.2) is 4.52 Å². The highest BCUT2D eigenvalue weighted by Gasteiger charge is 2.61. The number of carbonyl (C=O) groups is 2. The van der Waals surface area contributed by atoms with E-state index in [0.29, 0.717) is 17.1 Å². The molecule has 140 valence electrons. The number of anilines is 1. The summed E-state index contributed by atoms with van der Waals surface area (Å²) in [5.74, 6) is -0.334. The third kappa shape index (κ3) is 4.10. The number of amides is 2. The van der Waals surface area contributed by atoms with E-state index in [4.69, 9.17) is 9.26 Å². The minimum Gasteiger partial charge on any atom is -0.443 e. The van der Waals surface area contributed by atoms with Crippen LogP contribution >= 0.6 is 0 Å². The number of ether oxygens (including phenoxy) is 1. The fourth-order valence-electron chi connectivity index (χ4n) is 2.13. The highest BCUT2D eigenvalue weighted by Crippen LogP contribution is 2.44. The molecule has 0 aromatic carbocycles. The molecule has 1 heterocycles. The van der Waals surface area contributed by atoms with Crippen molar-refractivity contribution in [2.45, 2.75) is 57.8 Å². The van der Waals surface area contributed by atoms with E-state index in [2.05, 4.69) is 10.5 Å². The number of nitrogens with zero attached hydrogens (tertiary/aromatic N) is 1. The average Bonchev–Trinajstić information content (AvgIpc) is 3.23. The van der Waals surface area contributed by atoms with Crippen LogP contribution in [-0.2, 0) is 19.6 Å². The van der Waals surface area contributed by atoms with Gasteiger partial charge in [0.2, 0.25) is 15.9 Å². The second-order valence-electron chi connectivity index (χ2n) is 6.88. The molecular weight excluding hydrogens is 352 g/mol. The Bertz CT molecular complexity index is 769. The molecule has 25 heavy (non-hydrogen) atoms. The van der Waals surface area contributed by atoms with E-state index in [0.717, 1.165) is 0 Å². The number of aromatic nitrogens is 1. The Kier molecular flexibility index (Phi) is 4.83. The fraction of sp³-hybridized carbons (Fsp3) is 0.643. The molecule has 2 amide bonds. The molecule has 1 fully saturated rings. The first-order chi connectivity index (χ1) is 11.4. The lowest BCUT2D eigenvalue weighted by molar-refractivity contribution is -0.116. The van der Waals surface area contributed by atoms with E-state index in [-0.39, 0.29) is 12.8 Å². The van der Waals surface area contributed by atoms with Gasteiger partial charge in [0.05, 0.1) is 0 Å². The van der Waals surface area contributed by atoms with Crippen molar-refractivity contribution >= 4 is 27.7 Å². The van der Waals surface area contributed by atoms with Crippen molar-refractivity contribution in [1.29, 1.82) is 0 Å². The molecule has 0 unspecified atom stereocenters. The smallest absolute Gasteiger partial charge is 0.422 e. The molecule has 0 radical (unpaired) electrons. The molecule has 0 spiro atoms. The summed E-state index contributed by atoms with van der Waals surface area (Å²) in [4.78, 5) is 26.0. The Hall–Kier alpha value is -2.14. The van der Waals surface area contributed by atoms with Crippen molar-refractivity contribution in [2.75, 3.05) is 5.32 Å². The molecule has 1 aliphatic rings. The predicted molar refractivity (Wildman–Crippen MR) is 88.0 cm³/mol. The quantitative estimate of drug-likeness (QED) is 0.656. The van der Waals surface area contributed by atoms with Gasteiger partial charge in [-0.05, 0) is 47.5 Å². The first kappa shape index (κ1) is 19.2. The highest BCUT2D eigenvalue weighted by atomic mass is 32.2. The summed E-state index contributed by atoms with van der Waals surface area (Å²) in [6.07, 6.45) is -0.695. The lowest BCUT2D eigenvalue weighted by Gasteiger charge is -2.21. The molecule has 0 aliphatic heterocycles. The molecule has 2 rings (SSSR count). The van der Waals surface area contributed by atoms with Crippen LogP contribution in [0.1, 0.15) is 45.1 Å². The standard InChI is InChI=1S/C14H22N4O6S/c1-8-10(9(2)24-17-8)15-11(19)14(6-7-14)25(21,22)18-16-12(20)23-13(3,4)5/h18H,6-7H2,1-5H3,(H,15,19)(H,16,20). The topological polar surface area (TPSA) is 140 Å². The largest absolute Gasteiger partial charge is 0.443 e. The number of hydrogen-bond donors (Lipinski definition) is 3. The van der Waals surface area contributed by atoms with Crippen LogP contribution in [0.25, 0.3) is 0 Å². The van der Waals surface area contributed by atoms with Crippen molar-refractivity contribution in [3.63, 3.8) is 0 Å². The predicted octanol–water partition coefficient (Wildman–Crippen LogP) is 1.12. The first-order valence-corrected chi connectivity index (χ1v) is 9.11. The van der Waals surface area contributed by atoms with Gasteiger partial charge in [0.15, 0.2) is 10.5 Å². The lowest BCUT2D eigenvalue weighted by atomic mass is 10.2. The number of aryl methyl sites for hydroxylation is 2. The van der Waals surface area contributed by atoms with Gasteiger partial charge in [0.25, 0.3) is 0 Å². The van der Waals surface area contributed by atoms with Crippen LogP contribution in [0, 0.1) is 13.8 Å². The fourth-order valence-corrected chi connectivity index (χ4v) is 3.48. The average molecular weight is 374 g/mol. The van der Waals surface area contributed by atoms with Crippen LogP contribution in [0.5, 0.6) is 0 Å². The van der Waals surface area contributed by atoms with E-state index in [1.807, 2.05) is 10.3 Å². The lowest BCUT2D eigenvalue weighted by Crippen LogP contribution is -2.51. The number of rotatable bonds is 5. The van der Waals surface area contributed by atoms with Crippen LogP contribution in [0.4, 0.5) is 10.5 Å². The molecule has 1 saturated carbocycles. The maximum Gasteiger partial charge on any atom is 0.422 e. The van der Waals surface area contributed by atoms with Gasteiger partial charge < -0.3 is 14.6 Å². The number of nitrogens with one attached hydrogen (secondary N) is 3. The summed E-state index contributed by atoms with van der Waals surface area (Å²) in [7, 11) is -4.15. The Labute approximate surface area is 145 Å². The van der Waals surface area contributed by atoms with Crippen molar-refractivity contribution < 1.29 is 27.3 Å². The summed E-state index contributed by atoms with van der Waals surface area (Å²) >= 11 is 0. The van der Waals surface area contributed by atoms with Crippen molar-refractivity contribution in [3.8, 4) is 0 Å². The summed E-state index contributed by atoms with van der Waals surface area (Å²) in [5.41, 5.74) is 1.95. The maximum absolute atomic E-state index is 12.5. The molecular formula is C14H22N4O6S. The highest BCUT2D eigenvalue weighted by molar-refractivity contribution is 7.92. The minimum atomic E-state index is -4.15. The van der Waals surface area contributed by atoms with Gasteiger partial charge in [0, 0.05) is 0 Å². The zero-order valence-corrected chi connectivity index (χ0v) is 15.5. The van der Waals surface area contributed by atoms with Crippen molar-refractivity contribution in [3.05, 3.63) is 11.5 Å². The number of sulfonamides is 1. The molecule has 10 nitrogen and oxygen atoms in total. The summed E-state index contributed by atoms with van der Waals surface area (Å²) in [6.45, 7) is 8.15. The molecule has 0 atom stereocenters. The van der Waals surface area contributed by atoms with E-state index < -0.39 is 32.4 Å². The third-order valence-electron chi connectivity index (χ3n) is 3.59. The normalized spacial score (nSPS) is 16.2. The number of carbonyl (C=O) groups excluding carboxylic acids is 2. The Morgan fingerprint density at radius 2 is 1.84 bits per heavy atom. The number of hydrogen-bond acceptors (Lipinski definition) is 7. The third-order valence-corrected chi connectivity index (χ3v) is 5.58. The van der Waals surface area contributed by atoms with Crippen LogP contribution < -0.4 is 15.6 Å². The van der Waals surface area contributed by atoms with Crippen LogP contribution in [-0.4, -0.2) is 35.9 Å². The molecule has 1 aromatic heterocycles. The molecule has 0 saturated heterocycles. The summed E-state index contributed by atoms with van der Waals surface area (Å²) in [6, 6.07) is 0. The zero-order chi connectivity index (χ0) is 19.0. The van der Waals surface area contributed by atoms with E-state index in [9.17, 15) is 18.0 Å². The summed E-state index contributed by atoms with van der Waals surface area (Å²) < 4.78 is 33.1. The van der Waals surface area contributed by atoms with Gasteiger partial charge in [-0.1, -0.05) is 5.16 Å². The van der Waals surface area contributed by atoms with Gasteiger partial charge in [0.1, 0.15) is 17.0 Å². The first-order valence-electron chi connectivity index (χ1n) is 7.63. The Balaban J connectivity index is 2.05. The molecule has 1 aromatic rings. The molecule has 1 aliphatic carbocycles. The Morgan fingerprint density at radius 3 is 2.28 bits per heavy atom. The van der Waals surface area contributed by atoms with Gasteiger partial charge >= 0.3 is 6.09 Å². The zero-order valence-electron chi connectivity index (χ0n) is 14.7. The second kappa shape index (κ2) is 6.30. The minimum absolute atomic E-state index is 0.132. The van der Waals surface area contributed by atoms with Gasteiger partial charge in [-0.2, -0.15) is 0 Å². The Morgan fingerprint density at radius 1 is 1.24 bits per heavy atom. The van der Waals surface area contributed by atoms with E-state index >= 15 is 0 Å². The van der Waals surface area contributed by atoms with Gasteiger partial charge in [-0.15, -0.1) is 4.83 Å². The van der Waals surface area contributed by atoms with Crippen LogP contribution in [0.3, 0.4) is 0 Å². The van der Waals surface area contributed by atoms with Crippen LogP contribution in [0.2, 0.25) is 0 Å². The number of hydrazine groups is 1. The molecule has 11 heteroatoms. The second-order valence-corrected chi connectivity index (χ2v) is 8.87. The van der Waals surface area contributed by atoms with Gasteiger partial charge in [-0.25, -0.2) is 18.6 Å². The monoisotopic (exact) mass is 374 g/mol. The summed E-state index contributed by atoms with van der Waals surface area (Å²) in [5, 5.41) is 6.23. The van der Waals surface area contributed by atoms with E-state index in [1.165, 1.54) is 0 Å². The van der Waals surface area contributed by atoms with Crippen molar-refractivity contribution in [2.24, 2.45) is 0 Å². The molecule has 3 N–H and O–H groups in total.